The maximum Gasteiger partial charge on any atom is 0.345 e. The van der Waals surface area contributed by atoms with E-state index in [1.165, 1.54) is 10.4 Å². The maximum atomic E-state index is 12.6. The van der Waals surface area contributed by atoms with E-state index in [4.69, 9.17) is 10.2 Å². The second-order valence-electron chi connectivity index (χ2n) is 4.94. The van der Waals surface area contributed by atoms with Crippen molar-refractivity contribution in [2.75, 3.05) is 19.7 Å². The number of aliphatic hydroxyl groups is 1. The van der Waals surface area contributed by atoms with Crippen molar-refractivity contribution in [3.05, 3.63) is 14.7 Å². The Labute approximate surface area is 135 Å². The number of hydrogen-bond acceptors (Lipinski definition) is 5. The van der Waals surface area contributed by atoms with Gasteiger partial charge in [0.1, 0.15) is 9.77 Å². The molecular weight excluding hydrogens is 382 g/mol. The Kier molecular flexibility index (Phi) is 5.42. The number of carboxylic acid groups (broad SMARTS) is 1. The Balaban J connectivity index is 2.27. The third kappa shape index (κ3) is 3.65. The number of thiophene rings is 1. The van der Waals surface area contributed by atoms with Crippen LogP contribution >= 0.6 is 27.3 Å². The summed E-state index contributed by atoms with van der Waals surface area (Å²) in [5, 5.41) is 18.0. The Morgan fingerprint density at radius 1 is 1.52 bits per heavy atom. The molecule has 2 heterocycles. The fraction of sp³-hybridized carbons (Fsp3) is 0.583. The molecule has 1 aliphatic rings. The second kappa shape index (κ2) is 6.74. The van der Waals surface area contributed by atoms with Crippen molar-refractivity contribution >= 4 is 43.3 Å². The van der Waals surface area contributed by atoms with Crippen LogP contribution in [0.5, 0.6) is 0 Å². The fourth-order valence-corrected chi connectivity index (χ4v) is 6.34. The first kappa shape index (κ1) is 16.9. The van der Waals surface area contributed by atoms with Crippen molar-refractivity contribution in [2.24, 2.45) is 5.92 Å². The number of nitrogens with zero attached hydrogens (tertiary/aromatic N) is 1. The molecule has 2 rings (SSSR count). The van der Waals surface area contributed by atoms with Crippen LogP contribution in [0.2, 0.25) is 0 Å². The lowest BCUT2D eigenvalue weighted by atomic mass is 9.97. The van der Waals surface area contributed by atoms with Crippen molar-refractivity contribution in [1.82, 2.24) is 4.31 Å². The molecule has 1 aromatic rings. The summed E-state index contributed by atoms with van der Waals surface area (Å²) in [6.45, 7) is 0.840. The van der Waals surface area contributed by atoms with Crippen LogP contribution in [0.25, 0.3) is 0 Å². The number of halogens is 1. The molecule has 1 fully saturated rings. The van der Waals surface area contributed by atoms with E-state index in [1.54, 1.807) is 0 Å². The number of sulfonamides is 1. The van der Waals surface area contributed by atoms with Crippen molar-refractivity contribution in [3.8, 4) is 0 Å². The highest BCUT2D eigenvalue weighted by Crippen LogP contribution is 2.35. The predicted octanol–water partition coefficient (Wildman–Crippen LogP) is 1.99. The molecule has 21 heavy (non-hydrogen) atoms. The minimum atomic E-state index is -3.70. The molecule has 0 saturated carbocycles. The fourth-order valence-electron chi connectivity index (χ4n) is 2.44. The Morgan fingerprint density at radius 2 is 2.24 bits per heavy atom. The number of aromatic carboxylic acids is 1. The zero-order chi connectivity index (χ0) is 15.6. The van der Waals surface area contributed by atoms with Gasteiger partial charge in [-0.3, -0.25) is 0 Å². The Morgan fingerprint density at radius 3 is 2.81 bits per heavy atom. The number of hydrogen-bond donors (Lipinski definition) is 2. The van der Waals surface area contributed by atoms with Crippen molar-refractivity contribution in [1.29, 1.82) is 0 Å². The minimum Gasteiger partial charge on any atom is -0.477 e. The van der Waals surface area contributed by atoms with Gasteiger partial charge in [-0.05, 0) is 47.2 Å². The molecule has 0 aliphatic carbocycles. The molecule has 9 heteroatoms. The molecule has 1 aromatic heterocycles. The summed E-state index contributed by atoms with van der Waals surface area (Å²) in [5.41, 5.74) is 0. The molecule has 118 valence electrons. The van der Waals surface area contributed by atoms with Crippen molar-refractivity contribution in [2.45, 2.75) is 24.2 Å². The summed E-state index contributed by atoms with van der Waals surface area (Å²) in [6.07, 6.45) is 2.23. The van der Waals surface area contributed by atoms with Gasteiger partial charge in [0.15, 0.2) is 0 Å². The van der Waals surface area contributed by atoms with Crippen molar-refractivity contribution < 1.29 is 23.4 Å². The van der Waals surface area contributed by atoms with E-state index >= 15 is 0 Å². The molecule has 0 aromatic carbocycles. The Hall–Kier alpha value is -0.480. The quantitative estimate of drug-likeness (QED) is 0.791. The normalized spacial score (nSPS) is 20.6. The van der Waals surface area contributed by atoms with Gasteiger partial charge in [-0.2, -0.15) is 4.31 Å². The highest BCUT2D eigenvalue weighted by Gasteiger charge is 2.33. The van der Waals surface area contributed by atoms with Gasteiger partial charge >= 0.3 is 5.97 Å². The van der Waals surface area contributed by atoms with Gasteiger partial charge in [0.2, 0.25) is 10.0 Å². The third-order valence-corrected chi connectivity index (χ3v) is 7.61. The minimum absolute atomic E-state index is 0.00884. The molecule has 1 saturated heterocycles. The molecule has 0 bridgehead atoms. The highest BCUT2D eigenvalue weighted by atomic mass is 79.9. The SMILES string of the molecule is O=C(O)c1cc(S(=O)(=O)N2CCCC(CCO)C2)c(Br)s1. The van der Waals surface area contributed by atoms with Gasteiger partial charge in [0, 0.05) is 19.7 Å². The van der Waals surface area contributed by atoms with Crippen LogP contribution in [0.1, 0.15) is 28.9 Å². The van der Waals surface area contributed by atoms with Gasteiger partial charge in [0.25, 0.3) is 0 Å². The molecule has 1 atom stereocenters. The van der Waals surface area contributed by atoms with E-state index in [0.29, 0.717) is 23.3 Å². The third-order valence-electron chi connectivity index (χ3n) is 3.50. The van der Waals surface area contributed by atoms with Crippen molar-refractivity contribution in [3.63, 3.8) is 0 Å². The van der Waals surface area contributed by atoms with E-state index in [9.17, 15) is 13.2 Å². The Bertz CT molecular complexity index is 626. The topological polar surface area (TPSA) is 94.9 Å². The van der Waals surface area contributed by atoms with Gasteiger partial charge in [-0.25, -0.2) is 13.2 Å². The van der Waals surface area contributed by atoms with Gasteiger partial charge in [0.05, 0.1) is 3.79 Å². The van der Waals surface area contributed by atoms with Crippen LogP contribution in [-0.2, 0) is 10.0 Å². The van der Waals surface area contributed by atoms with Crippen LogP contribution in [0.4, 0.5) is 0 Å². The maximum absolute atomic E-state index is 12.6. The van der Waals surface area contributed by atoms with E-state index in [0.717, 1.165) is 24.2 Å². The molecule has 0 amide bonds. The number of aliphatic hydroxyl groups excluding tert-OH is 1. The summed E-state index contributed by atoms with van der Waals surface area (Å²) in [7, 11) is -3.70. The molecule has 6 nitrogen and oxygen atoms in total. The lowest BCUT2D eigenvalue weighted by Crippen LogP contribution is -2.40. The van der Waals surface area contributed by atoms with E-state index < -0.39 is 16.0 Å². The first-order valence-electron chi connectivity index (χ1n) is 6.50. The monoisotopic (exact) mass is 397 g/mol. The lowest BCUT2D eigenvalue weighted by molar-refractivity contribution is 0.0702. The zero-order valence-corrected chi connectivity index (χ0v) is 14.4. The summed E-state index contributed by atoms with van der Waals surface area (Å²) in [4.78, 5) is 11.0. The largest absolute Gasteiger partial charge is 0.477 e. The summed E-state index contributed by atoms with van der Waals surface area (Å²) >= 11 is 4.04. The molecule has 2 N–H and O–H groups in total. The molecule has 0 spiro atoms. The van der Waals surface area contributed by atoms with E-state index in [-0.39, 0.29) is 22.3 Å². The van der Waals surface area contributed by atoms with E-state index in [1.807, 2.05) is 0 Å². The number of carbonyl (C=O) groups is 1. The average Bonchev–Trinajstić information content (AvgIpc) is 2.82. The smallest absolute Gasteiger partial charge is 0.345 e. The van der Waals surface area contributed by atoms with Gasteiger partial charge < -0.3 is 10.2 Å². The number of piperidine rings is 1. The lowest BCUT2D eigenvalue weighted by Gasteiger charge is -2.31. The van der Waals surface area contributed by atoms with Crippen LogP contribution in [0, 0.1) is 5.92 Å². The van der Waals surface area contributed by atoms with Gasteiger partial charge in [-0.1, -0.05) is 0 Å². The highest BCUT2D eigenvalue weighted by molar-refractivity contribution is 9.11. The summed E-state index contributed by atoms with van der Waals surface area (Å²) in [5.74, 6) is -0.992. The van der Waals surface area contributed by atoms with Gasteiger partial charge in [-0.15, -0.1) is 11.3 Å². The van der Waals surface area contributed by atoms with Crippen LogP contribution in [0.3, 0.4) is 0 Å². The first-order chi connectivity index (χ1) is 9.86. The standard InChI is InChI=1S/C12H16BrNO5S2/c13-11-10(6-9(20-11)12(16)17)21(18,19)14-4-1-2-8(7-14)3-5-15/h6,8,15H,1-5,7H2,(H,16,17). The number of carboxylic acids is 1. The number of rotatable bonds is 5. The predicted molar refractivity (Wildman–Crippen MR) is 82.2 cm³/mol. The summed E-state index contributed by atoms with van der Waals surface area (Å²) in [6, 6.07) is 1.20. The molecule has 1 aliphatic heterocycles. The van der Waals surface area contributed by atoms with E-state index in [2.05, 4.69) is 15.9 Å². The average molecular weight is 398 g/mol. The summed E-state index contributed by atoms with van der Waals surface area (Å²) < 4.78 is 27.0. The molecular formula is C12H16BrNO5S2. The first-order valence-corrected chi connectivity index (χ1v) is 9.55. The molecule has 1 unspecified atom stereocenters. The van der Waals surface area contributed by atoms with Crippen LogP contribution in [-0.4, -0.2) is 48.6 Å². The zero-order valence-electron chi connectivity index (χ0n) is 11.2. The van der Waals surface area contributed by atoms with Crippen LogP contribution < -0.4 is 0 Å². The van der Waals surface area contributed by atoms with Crippen LogP contribution in [0.15, 0.2) is 14.7 Å². The second-order valence-corrected chi connectivity index (χ2v) is 9.21. The molecule has 0 radical (unpaired) electrons.